The number of nitrogens with zero attached hydrogens (tertiary/aromatic N) is 1. The zero-order valence-electron chi connectivity index (χ0n) is 11.1. The van der Waals surface area contributed by atoms with Crippen molar-refractivity contribution >= 4 is 23.0 Å². The lowest BCUT2D eigenvalue weighted by atomic mass is 10.2. The molecule has 1 aromatic rings. The second kappa shape index (κ2) is 6.58. The lowest BCUT2D eigenvalue weighted by molar-refractivity contribution is -0.383. The fourth-order valence-corrected chi connectivity index (χ4v) is 1.62. The number of nitro groups is 1. The SMILES string of the molecule is CCOC(=O)C(C)Nc1cccc(NC)c1[N+](=O)[O-]. The monoisotopic (exact) mass is 267 g/mol. The Labute approximate surface area is 111 Å². The van der Waals surface area contributed by atoms with Gasteiger partial charge < -0.3 is 15.4 Å². The zero-order valence-corrected chi connectivity index (χ0v) is 11.1. The van der Waals surface area contributed by atoms with Crippen molar-refractivity contribution in [3.8, 4) is 0 Å². The van der Waals surface area contributed by atoms with Crippen LogP contribution < -0.4 is 10.6 Å². The first kappa shape index (κ1) is 14.7. The Morgan fingerprint density at radius 3 is 2.63 bits per heavy atom. The first-order valence-corrected chi connectivity index (χ1v) is 5.89. The van der Waals surface area contributed by atoms with E-state index in [2.05, 4.69) is 10.6 Å². The average molecular weight is 267 g/mol. The fraction of sp³-hybridized carbons (Fsp3) is 0.417. The van der Waals surface area contributed by atoms with Crippen LogP contribution in [0, 0.1) is 10.1 Å². The third kappa shape index (κ3) is 3.57. The lowest BCUT2D eigenvalue weighted by Crippen LogP contribution is -2.28. The van der Waals surface area contributed by atoms with Crippen molar-refractivity contribution in [2.75, 3.05) is 24.3 Å². The number of carbonyl (C=O) groups excluding carboxylic acids is 1. The maximum atomic E-state index is 11.5. The van der Waals surface area contributed by atoms with E-state index in [0.29, 0.717) is 5.69 Å². The minimum Gasteiger partial charge on any atom is -0.464 e. The molecule has 1 atom stereocenters. The van der Waals surface area contributed by atoms with E-state index >= 15 is 0 Å². The summed E-state index contributed by atoms with van der Waals surface area (Å²) in [4.78, 5) is 22.1. The maximum Gasteiger partial charge on any atom is 0.328 e. The molecule has 1 rings (SSSR count). The molecule has 1 unspecified atom stereocenters. The number of rotatable bonds is 6. The van der Waals surface area contributed by atoms with Crippen LogP contribution in [-0.2, 0) is 9.53 Å². The second-order valence-corrected chi connectivity index (χ2v) is 3.83. The van der Waals surface area contributed by atoms with Crippen molar-refractivity contribution in [3.63, 3.8) is 0 Å². The Bertz CT molecular complexity index is 476. The average Bonchev–Trinajstić information content (AvgIpc) is 2.38. The Kier molecular flexibility index (Phi) is 5.11. The summed E-state index contributed by atoms with van der Waals surface area (Å²) in [6.07, 6.45) is 0. The maximum absolute atomic E-state index is 11.5. The number of nitrogens with one attached hydrogen (secondary N) is 2. The van der Waals surface area contributed by atoms with E-state index in [1.54, 1.807) is 39.1 Å². The first-order valence-electron chi connectivity index (χ1n) is 5.89. The molecule has 7 nitrogen and oxygen atoms in total. The minimum absolute atomic E-state index is 0.0962. The molecular formula is C12H17N3O4. The van der Waals surface area contributed by atoms with Crippen LogP contribution in [0.25, 0.3) is 0 Å². The minimum atomic E-state index is -0.661. The van der Waals surface area contributed by atoms with Gasteiger partial charge in [-0.2, -0.15) is 0 Å². The molecule has 7 heteroatoms. The van der Waals surface area contributed by atoms with Gasteiger partial charge in [-0.3, -0.25) is 10.1 Å². The highest BCUT2D eigenvalue weighted by Gasteiger charge is 2.22. The van der Waals surface area contributed by atoms with Crippen LogP contribution in [0.15, 0.2) is 18.2 Å². The van der Waals surface area contributed by atoms with Gasteiger partial charge in [-0.25, -0.2) is 4.79 Å². The van der Waals surface area contributed by atoms with Gasteiger partial charge in [-0.15, -0.1) is 0 Å². The number of nitro benzene ring substituents is 1. The topological polar surface area (TPSA) is 93.5 Å². The molecule has 0 aliphatic carbocycles. The number of para-hydroxylation sites is 1. The summed E-state index contributed by atoms with van der Waals surface area (Å²) in [6.45, 7) is 3.56. The van der Waals surface area contributed by atoms with Crippen molar-refractivity contribution < 1.29 is 14.5 Å². The van der Waals surface area contributed by atoms with Crippen LogP contribution in [-0.4, -0.2) is 30.6 Å². The number of carbonyl (C=O) groups is 1. The summed E-state index contributed by atoms with van der Waals surface area (Å²) in [7, 11) is 1.60. The van der Waals surface area contributed by atoms with Crippen LogP contribution in [0.5, 0.6) is 0 Å². The van der Waals surface area contributed by atoms with Gasteiger partial charge in [0.15, 0.2) is 0 Å². The van der Waals surface area contributed by atoms with Gasteiger partial charge >= 0.3 is 11.7 Å². The molecule has 0 aromatic heterocycles. The highest BCUT2D eigenvalue weighted by molar-refractivity contribution is 5.83. The summed E-state index contributed by atoms with van der Waals surface area (Å²) in [5.41, 5.74) is 0.560. The number of benzene rings is 1. The lowest BCUT2D eigenvalue weighted by Gasteiger charge is -2.15. The molecule has 0 aliphatic rings. The van der Waals surface area contributed by atoms with E-state index in [1.165, 1.54) is 0 Å². The number of hydrogen-bond donors (Lipinski definition) is 2. The molecular weight excluding hydrogens is 250 g/mol. The predicted octanol–water partition coefficient (Wildman–Crippen LogP) is 2.00. The third-order valence-electron chi connectivity index (χ3n) is 2.50. The summed E-state index contributed by atoms with van der Waals surface area (Å²) >= 11 is 0. The highest BCUT2D eigenvalue weighted by Crippen LogP contribution is 2.32. The van der Waals surface area contributed by atoms with E-state index in [1.807, 2.05) is 0 Å². The predicted molar refractivity (Wildman–Crippen MR) is 72.4 cm³/mol. The van der Waals surface area contributed by atoms with Gasteiger partial charge in [0.2, 0.25) is 0 Å². The van der Waals surface area contributed by atoms with Gasteiger partial charge in [0.05, 0.1) is 11.5 Å². The number of esters is 1. The van der Waals surface area contributed by atoms with Gasteiger partial charge in [0, 0.05) is 7.05 Å². The van der Waals surface area contributed by atoms with E-state index in [0.717, 1.165) is 0 Å². The summed E-state index contributed by atoms with van der Waals surface area (Å²) in [5, 5.41) is 16.6. The van der Waals surface area contributed by atoms with Gasteiger partial charge in [0.1, 0.15) is 17.4 Å². The Hall–Kier alpha value is -2.31. The first-order chi connectivity index (χ1) is 9.01. The molecule has 0 saturated heterocycles. The molecule has 0 bridgehead atoms. The molecule has 0 aliphatic heterocycles. The summed E-state index contributed by atoms with van der Waals surface area (Å²) in [5.74, 6) is -0.452. The second-order valence-electron chi connectivity index (χ2n) is 3.83. The zero-order chi connectivity index (χ0) is 14.4. The summed E-state index contributed by atoms with van der Waals surface area (Å²) in [6, 6.07) is 4.15. The molecule has 0 radical (unpaired) electrons. The van der Waals surface area contributed by atoms with Gasteiger partial charge in [-0.1, -0.05) is 6.07 Å². The Morgan fingerprint density at radius 2 is 2.11 bits per heavy atom. The van der Waals surface area contributed by atoms with Crippen molar-refractivity contribution in [1.82, 2.24) is 0 Å². The quantitative estimate of drug-likeness (QED) is 0.465. The summed E-state index contributed by atoms with van der Waals surface area (Å²) < 4.78 is 4.85. The molecule has 0 amide bonds. The van der Waals surface area contributed by atoms with E-state index in [-0.39, 0.29) is 18.0 Å². The fourth-order valence-electron chi connectivity index (χ4n) is 1.62. The van der Waals surface area contributed by atoms with Crippen molar-refractivity contribution in [3.05, 3.63) is 28.3 Å². The Morgan fingerprint density at radius 1 is 1.47 bits per heavy atom. The Balaban J connectivity index is 3.01. The van der Waals surface area contributed by atoms with Crippen LogP contribution in [0.2, 0.25) is 0 Å². The number of ether oxygens (including phenoxy) is 1. The van der Waals surface area contributed by atoms with Crippen molar-refractivity contribution in [1.29, 1.82) is 0 Å². The van der Waals surface area contributed by atoms with Crippen LogP contribution in [0.4, 0.5) is 17.1 Å². The standard InChI is InChI=1S/C12H17N3O4/c1-4-19-12(16)8(2)14-10-7-5-6-9(13-3)11(10)15(17)18/h5-8,13-14H,4H2,1-3H3. The molecule has 1 aromatic carbocycles. The molecule has 19 heavy (non-hydrogen) atoms. The van der Waals surface area contributed by atoms with Crippen molar-refractivity contribution in [2.24, 2.45) is 0 Å². The molecule has 0 heterocycles. The third-order valence-corrected chi connectivity index (χ3v) is 2.50. The van der Waals surface area contributed by atoms with Crippen LogP contribution >= 0.6 is 0 Å². The highest BCUT2D eigenvalue weighted by atomic mass is 16.6. The normalized spacial score (nSPS) is 11.5. The van der Waals surface area contributed by atoms with Crippen LogP contribution in [0.1, 0.15) is 13.8 Å². The molecule has 104 valence electrons. The van der Waals surface area contributed by atoms with Crippen molar-refractivity contribution in [2.45, 2.75) is 19.9 Å². The van der Waals surface area contributed by atoms with E-state index in [4.69, 9.17) is 4.74 Å². The van der Waals surface area contributed by atoms with Gasteiger partial charge in [-0.05, 0) is 26.0 Å². The molecule has 0 saturated carbocycles. The van der Waals surface area contributed by atoms with E-state index < -0.39 is 16.9 Å². The number of anilines is 2. The molecule has 2 N–H and O–H groups in total. The molecule has 0 spiro atoms. The van der Waals surface area contributed by atoms with Crippen LogP contribution in [0.3, 0.4) is 0 Å². The smallest absolute Gasteiger partial charge is 0.328 e. The van der Waals surface area contributed by atoms with Gasteiger partial charge in [0.25, 0.3) is 0 Å². The van der Waals surface area contributed by atoms with E-state index in [9.17, 15) is 14.9 Å². The number of hydrogen-bond acceptors (Lipinski definition) is 6. The molecule has 0 fully saturated rings. The largest absolute Gasteiger partial charge is 0.464 e.